The van der Waals surface area contributed by atoms with Gasteiger partial charge >= 0.3 is 0 Å². The fourth-order valence-corrected chi connectivity index (χ4v) is 1.22. The molecule has 13 heavy (non-hydrogen) atoms. The van der Waals surface area contributed by atoms with Crippen molar-refractivity contribution in [3.05, 3.63) is 23.2 Å². The van der Waals surface area contributed by atoms with Crippen LogP contribution >= 0.6 is 11.5 Å². The molecule has 1 rings (SSSR count). The number of nitrogens with one attached hydrogen (secondary N) is 1. The second-order valence-electron chi connectivity index (χ2n) is 2.40. The van der Waals surface area contributed by atoms with Gasteiger partial charge in [-0.3, -0.25) is 4.79 Å². The Labute approximate surface area is 80.8 Å². The third-order valence-corrected chi connectivity index (χ3v) is 2.08. The van der Waals surface area contributed by atoms with Crippen LogP contribution in [0.15, 0.2) is 18.3 Å². The van der Waals surface area contributed by atoms with Gasteiger partial charge in [-0.1, -0.05) is 16.6 Å². The highest BCUT2D eigenvalue weighted by Gasteiger charge is 2.05. The van der Waals surface area contributed by atoms with Gasteiger partial charge in [-0.05, 0) is 24.9 Å². The zero-order valence-corrected chi connectivity index (χ0v) is 8.17. The van der Waals surface area contributed by atoms with E-state index in [9.17, 15) is 4.79 Å². The summed E-state index contributed by atoms with van der Waals surface area (Å²) < 4.78 is 3.60. The lowest BCUT2D eigenvalue weighted by atomic mass is 10.4. The number of allylic oxidation sites excluding steroid dienone is 1. The number of hydrogen-bond acceptors (Lipinski definition) is 4. The number of aromatic nitrogens is 2. The van der Waals surface area contributed by atoms with Gasteiger partial charge in [-0.25, -0.2) is 0 Å². The van der Waals surface area contributed by atoms with E-state index in [0.29, 0.717) is 11.4 Å². The molecule has 0 aliphatic rings. The zero-order chi connectivity index (χ0) is 9.52. The van der Waals surface area contributed by atoms with Gasteiger partial charge in [0.05, 0.1) is 6.20 Å². The molecule has 1 aromatic rings. The number of hydrogen-bond donors (Lipinski definition) is 1. The number of carbonyl (C=O) groups excluding carboxylic acids is 1. The number of carbonyl (C=O) groups is 1. The predicted octanol–water partition coefficient (Wildman–Crippen LogP) is 1.23. The summed E-state index contributed by atoms with van der Waals surface area (Å²) >= 11 is 1.10. The number of amides is 1. The van der Waals surface area contributed by atoms with Gasteiger partial charge in [0, 0.05) is 6.54 Å². The molecule has 0 bridgehead atoms. The first-order valence-electron chi connectivity index (χ1n) is 4.01. The lowest BCUT2D eigenvalue weighted by Gasteiger charge is -1.98. The summed E-state index contributed by atoms with van der Waals surface area (Å²) in [6.07, 6.45) is 6.29. The summed E-state index contributed by atoms with van der Waals surface area (Å²) in [5.74, 6) is -0.0977. The second-order valence-corrected chi connectivity index (χ2v) is 3.18. The molecule has 70 valence electrons. The molecule has 0 fully saturated rings. The molecule has 1 amide bonds. The third kappa shape index (κ3) is 3.33. The molecule has 0 saturated carbocycles. The monoisotopic (exact) mass is 197 g/mol. The summed E-state index contributed by atoms with van der Waals surface area (Å²) in [4.78, 5) is 11.8. The van der Waals surface area contributed by atoms with Gasteiger partial charge < -0.3 is 5.32 Å². The van der Waals surface area contributed by atoms with E-state index in [4.69, 9.17) is 0 Å². The van der Waals surface area contributed by atoms with Crippen molar-refractivity contribution in [3.8, 4) is 0 Å². The van der Waals surface area contributed by atoms with E-state index in [1.807, 2.05) is 19.1 Å². The Hall–Kier alpha value is -1.23. The van der Waals surface area contributed by atoms with Crippen LogP contribution in [0.3, 0.4) is 0 Å². The van der Waals surface area contributed by atoms with Crippen molar-refractivity contribution in [2.75, 3.05) is 6.54 Å². The molecule has 1 N–H and O–H groups in total. The number of rotatable bonds is 4. The van der Waals surface area contributed by atoms with Gasteiger partial charge in [-0.15, -0.1) is 5.10 Å². The van der Waals surface area contributed by atoms with E-state index >= 15 is 0 Å². The lowest BCUT2D eigenvalue weighted by Crippen LogP contribution is -2.23. The first kappa shape index (κ1) is 9.85. The Kier molecular flexibility index (Phi) is 4.11. The van der Waals surface area contributed by atoms with Crippen LogP contribution in [0, 0.1) is 0 Å². The van der Waals surface area contributed by atoms with Crippen LogP contribution in [-0.2, 0) is 0 Å². The molecule has 5 heteroatoms. The van der Waals surface area contributed by atoms with Crippen LogP contribution in [0.2, 0.25) is 0 Å². The van der Waals surface area contributed by atoms with Crippen molar-refractivity contribution in [1.29, 1.82) is 0 Å². The third-order valence-electron chi connectivity index (χ3n) is 1.42. The fourth-order valence-electron chi connectivity index (χ4n) is 0.790. The highest BCUT2D eigenvalue weighted by molar-refractivity contribution is 7.07. The van der Waals surface area contributed by atoms with Gasteiger partial charge in [0.25, 0.3) is 5.91 Å². The Morgan fingerprint density at radius 3 is 3.23 bits per heavy atom. The summed E-state index contributed by atoms with van der Waals surface area (Å²) in [6, 6.07) is 0. The highest BCUT2D eigenvalue weighted by atomic mass is 32.1. The van der Waals surface area contributed by atoms with Crippen molar-refractivity contribution in [2.45, 2.75) is 13.3 Å². The second kappa shape index (κ2) is 5.42. The average molecular weight is 197 g/mol. The molecule has 0 aliphatic carbocycles. The Bertz CT molecular complexity index is 282. The van der Waals surface area contributed by atoms with E-state index in [1.165, 1.54) is 6.20 Å². The van der Waals surface area contributed by atoms with Crippen LogP contribution in [0.1, 0.15) is 23.0 Å². The lowest BCUT2D eigenvalue weighted by molar-refractivity contribution is 0.0958. The van der Waals surface area contributed by atoms with E-state index in [-0.39, 0.29) is 5.91 Å². The first-order valence-corrected chi connectivity index (χ1v) is 4.78. The molecule has 0 aromatic carbocycles. The summed E-state index contributed by atoms with van der Waals surface area (Å²) in [5, 5.41) is 6.34. The molecule has 0 unspecified atom stereocenters. The minimum atomic E-state index is -0.0977. The van der Waals surface area contributed by atoms with E-state index in [2.05, 4.69) is 14.9 Å². The van der Waals surface area contributed by atoms with E-state index in [1.54, 1.807) is 0 Å². The summed E-state index contributed by atoms with van der Waals surface area (Å²) in [7, 11) is 0. The molecule has 4 nitrogen and oxygen atoms in total. The van der Waals surface area contributed by atoms with Gasteiger partial charge in [0.1, 0.15) is 4.88 Å². The Morgan fingerprint density at radius 2 is 2.62 bits per heavy atom. The van der Waals surface area contributed by atoms with Crippen LogP contribution in [-0.4, -0.2) is 22.0 Å². The van der Waals surface area contributed by atoms with Gasteiger partial charge in [-0.2, -0.15) is 0 Å². The summed E-state index contributed by atoms with van der Waals surface area (Å²) in [6.45, 7) is 2.61. The maximum absolute atomic E-state index is 11.3. The average Bonchev–Trinajstić information content (AvgIpc) is 2.65. The molecular formula is C8H11N3OS. The Balaban J connectivity index is 2.27. The van der Waals surface area contributed by atoms with Crippen LogP contribution in [0.4, 0.5) is 0 Å². The van der Waals surface area contributed by atoms with Crippen molar-refractivity contribution < 1.29 is 4.79 Å². The number of nitrogens with zero attached hydrogens (tertiary/aromatic N) is 2. The van der Waals surface area contributed by atoms with Gasteiger partial charge in [0.2, 0.25) is 0 Å². The molecule has 0 spiro atoms. The van der Waals surface area contributed by atoms with Gasteiger partial charge in [0.15, 0.2) is 0 Å². The molecule has 0 aliphatic heterocycles. The van der Waals surface area contributed by atoms with Crippen molar-refractivity contribution in [3.63, 3.8) is 0 Å². The highest BCUT2D eigenvalue weighted by Crippen LogP contribution is 2.00. The largest absolute Gasteiger partial charge is 0.351 e. The molecule has 0 saturated heterocycles. The molecule has 1 aromatic heterocycles. The van der Waals surface area contributed by atoms with E-state index in [0.717, 1.165) is 18.0 Å². The van der Waals surface area contributed by atoms with Crippen LogP contribution in [0.5, 0.6) is 0 Å². The SMILES string of the molecule is C/C=C/CCNC(=O)c1cnns1. The normalized spacial score (nSPS) is 10.5. The smallest absolute Gasteiger partial charge is 0.264 e. The minimum absolute atomic E-state index is 0.0977. The van der Waals surface area contributed by atoms with Crippen LogP contribution < -0.4 is 5.32 Å². The zero-order valence-electron chi connectivity index (χ0n) is 7.36. The maximum Gasteiger partial charge on any atom is 0.264 e. The maximum atomic E-state index is 11.3. The van der Waals surface area contributed by atoms with E-state index < -0.39 is 0 Å². The van der Waals surface area contributed by atoms with Crippen molar-refractivity contribution >= 4 is 17.4 Å². The van der Waals surface area contributed by atoms with Crippen molar-refractivity contribution in [1.82, 2.24) is 14.9 Å². The quantitative estimate of drug-likeness (QED) is 0.583. The molecule has 0 atom stereocenters. The Morgan fingerprint density at radius 1 is 1.77 bits per heavy atom. The molecule has 0 radical (unpaired) electrons. The first-order chi connectivity index (χ1) is 6.34. The summed E-state index contributed by atoms with van der Waals surface area (Å²) in [5.41, 5.74) is 0. The molecular weight excluding hydrogens is 186 g/mol. The topological polar surface area (TPSA) is 54.9 Å². The van der Waals surface area contributed by atoms with Crippen LogP contribution in [0.25, 0.3) is 0 Å². The fraction of sp³-hybridized carbons (Fsp3) is 0.375. The predicted molar refractivity (Wildman–Crippen MR) is 51.7 cm³/mol. The van der Waals surface area contributed by atoms with Crippen molar-refractivity contribution in [2.24, 2.45) is 0 Å². The molecule has 1 heterocycles. The standard InChI is InChI=1S/C8H11N3OS/c1-2-3-4-5-9-8(12)7-6-10-11-13-7/h2-3,6H,4-5H2,1H3,(H,9,12)/b3-2+. The minimum Gasteiger partial charge on any atom is -0.351 e.